The second-order valence-corrected chi connectivity index (χ2v) is 7.90. The van der Waals surface area contributed by atoms with Crippen molar-refractivity contribution in [1.82, 2.24) is 0 Å². The highest BCUT2D eigenvalue weighted by atomic mass is 16.7. The van der Waals surface area contributed by atoms with E-state index in [0.717, 1.165) is 11.0 Å². The smallest absolute Gasteiger partial charge is 0.455 e. The topological polar surface area (TPSA) is 65.0 Å². The monoisotopic (exact) mass is 334 g/mol. The quantitative estimate of drug-likeness (QED) is 0.676. The van der Waals surface area contributed by atoms with E-state index in [1.165, 1.54) is 6.92 Å². The lowest BCUT2D eigenvalue weighted by atomic mass is 9.78. The molecule has 0 radical (unpaired) electrons. The maximum atomic E-state index is 11.3. The van der Waals surface area contributed by atoms with Gasteiger partial charge in [-0.05, 0) is 52.6 Å². The van der Waals surface area contributed by atoms with Gasteiger partial charge in [-0.1, -0.05) is 24.3 Å². The van der Waals surface area contributed by atoms with Gasteiger partial charge in [-0.25, -0.2) is 0 Å². The minimum absolute atomic E-state index is 0.399. The Morgan fingerprint density at radius 3 is 1.96 bits per heavy atom. The van der Waals surface area contributed by atoms with Gasteiger partial charge in [0.05, 0.1) is 11.2 Å². The molecular weight excluding hydrogens is 307 g/mol. The molecule has 1 unspecified atom stereocenters. The number of carbonyl (C=O) groups excluding carboxylic acids is 1. The van der Waals surface area contributed by atoms with E-state index in [0.29, 0.717) is 0 Å². The molecule has 1 aliphatic rings. The number of esters is 1. The molecule has 0 aliphatic carbocycles. The Labute approximate surface area is 144 Å². The molecule has 0 bridgehead atoms. The van der Waals surface area contributed by atoms with Crippen molar-refractivity contribution in [3.05, 3.63) is 29.8 Å². The van der Waals surface area contributed by atoms with E-state index >= 15 is 0 Å². The van der Waals surface area contributed by atoms with Crippen molar-refractivity contribution in [3.8, 4) is 0 Å². The molecule has 0 aromatic heterocycles. The number of hydrogen-bond donors (Lipinski definition) is 1. The van der Waals surface area contributed by atoms with Gasteiger partial charge in [0.15, 0.2) is 6.10 Å². The van der Waals surface area contributed by atoms with Gasteiger partial charge in [-0.15, -0.1) is 0 Å². The minimum Gasteiger partial charge on any atom is -0.455 e. The van der Waals surface area contributed by atoms with E-state index in [1.807, 2.05) is 52.0 Å². The van der Waals surface area contributed by atoms with Crippen LogP contribution in [0.15, 0.2) is 24.3 Å². The van der Waals surface area contributed by atoms with Gasteiger partial charge in [0.25, 0.3) is 0 Å². The van der Waals surface area contributed by atoms with Crippen molar-refractivity contribution in [1.29, 1.82) is 0 Å². The number of benzene rings is 1. The molecule has 1 N–H and O–H groups in total. The first kappa shape index (κ1) is 19.0. The van der Waals surface area contributed by atoms with Crippen LogP contribution in [0.25, 0.3) is 0 Å². The standard InChI is InChI=1S/C18H27BO5/c1-12(20)22-15(16(2,3)21)13-8-10-14(11-9-13)19-23-17(4,5)18(6,7)24-19/h8-11,15,21H,1-7H3. The third-order valence-corrected chi connectivity index (χ3v) is 4.69. The Hall–Kier alpha value is -1.37. The summed E-state index contributed by atoms with van der Waals surface area (Å²) in [6.45, 7) is 12.6. The molecule has 0 spiro atoms. The third-order valence-electron chi connectivity index (χ3n) is 4.69. The summed E-state index contributed by atoms with van der Waals surface area (Å²) in [4.78, 5) is 11.3. The largest absolute Gasteiger partial charge is 0.494 e. The van der Waals surface area contributed by atoms with Crippen LogP contribution in [-0.4, -0.2) is 35.0 Å². The van der Waals surface area contributed by atoms with Crippen LogP contribution in [0.1, 0.15) is 60.1 Å². The highest BCUT2D eigenvalue weighted by Gasteiger charge is 2.51. The SMILES string of the molecule is CC(=O)OC(c1ccc(B2OC(C)(C)C(C)(C)O2)cc1)C(C)(C)O. The molecule has 0 saturated carbocycles. The third kappa shape index (κ3) is 3.82. The molecule has 24 heavy (non-hydrogen) atoms. The Balaban J connectivity index is 2.23. The molecule has 1 aliphatic heterocycles. The zero-order valence-electron chi connectivity index (χ0n) is 15.5. The zero-order valence-corrected chi connectivity index (χ0v) is 15.5. The summed E-state index contributed by atoms with van der Waals surface area (Å²) in [6, 6.07) is 7.40. The summed E-state index contributed by atoms with van der Waals surface area (Å²) < 4.78 is 17.3. The van der Waals surface area contributed by atoms with Crippen molar-refractivity contribution in [2.75, 3.05) is 0 Å². The average molecular weight is 334 g/mol. The van der Waals surface area contributed by atoms with E-state index in [1.54, 1.807) is 13.8 Å². The van der Waals surface area contributed by atoms with E-state index in [4.69, 9.17) is 14.0 Å². The van der Waals surface area contributed by atoms with Crippen LogP contribution in [0.3, 0.4) is 0 Å². The lowest BCUT2D eigenvalue weighted by Gasteiger charge is -2.32. The molecule has 6 heteroatoms. The van der Waals surface area contributed by atoms with Crippen molar-refractivity contribution >= 4 is 18.6 Å². The number of ether oxygens (including phenoxy) is 1. The van der Waals surface area contributed by atoms with Gasteiger partial charge in [0, 0.05) is 6.92 Å². The van der Waals surface area contributed by atoms with Crippen molar-refractivity contribution in [2.24, 2.45) is 0 Å². The lowest BCUT2D eigenvalue weighted by molar-refractivity contribution is -0.160. The highest BCUT2D eigenvalue weighted by molar-refractivity contribution is 6.62. The Morgan fingerprint density at radius 2 is 1.58 bits per heavy atom. The second-order valence-electron chi connectivity index (χ2n) is 7.90. The Morgan fingerprint density at radius 1 is 1.12 bits per heavy atom. The summed E-state index contributed by atoms with van der Waals surface area (Å²) >= 11 is 0. The van der Waals surface area contributed by atoms with Crippen LogP contribution in [0.5, 0.6) is 0 Å². The number of hydrogen-bond acceptors (Lipinski definition) is 5. The fourth-order valence-electron chi connectivity index (χ4n) is 2.59. The van der Waals surface area contributed by atoms with Gasteiger partial charge < -0.3 is 19.2 Å². The molecule has 1 fully saturated rings. The minimum atomic E-state index is -1.18. The van der Waals surface area contributed by atoms with Crippen LogP contribution in [-0.2, 0) is 18.8 Å². The Bertz CT molecular complexity index is 585. The summed E-state index contributed by atoms with van der Waals surface area (Å²) in [6.07, 6.45) is -0.734. The Kier molecular flexibility index (Phi) is 4.88. The van der Waals surface area contributed by atoms with Crippen LogP contribution in [0.4, 0.5) is 0 Å². The number of carbonyl (C=O) groups is 1. The first-order valence-corrected chi connectivity index (χ1v) is 8.18. The van der Waals surface area contributed by atoms with E-state index in [9.17, 15) is 9.90 Å². The van der Waals surface area contributed by atoms with E-state index < -0.39 is 36.0 Å². The zero-order chi connectivity index (χ0) is 18.3. The fraction of sp³-hybridized carbons (Fsp3) is 0.611. The number of rotatable bonds is 4. The van der Waals surface area contributed by atoms with Crippen LogP contribution >= 0.6 is 0 Å². The molecule has 2 rings (SSSR count). The summed E-state index contributed by atoms with van der Waals surface area (Å²) in [5.41, 5.74) is -0.377. The predicted molar refractivity (Wildman–Crippen MR) is 93.0 cm³/mol. The molecule has 1 aromatic carbocycles. The molecule has 1 aromatic rings. The summed E-state index contributed by atoms with van der Waals surface area (Å²) in [5.74, 6) is -0.433. The van der Waals surface area contributed by atoms with Crippen molar-refractivity contribution in [3.63, 3.8) is 0 Å². The first-order chi connectivity index (χ1) is 10.8. The molecule has 1 heterocycles. The molecule has 1 atom stereocenters. The predicted octanol–water partition coefficient (Wildman–Crippen LogP) is 2.36. The van der Waals surface area contributed by atoms with E-state index in [2.05, 4.69) is 0 Å². The first-order valence-electron chi connectivity index (χ1n) is 8.18. The van der Waals surface area contributed by atoms with Gasteiger partial charge >= 0.3 is 13.1 Å². The summed E-state index contributed by atoms with van der Waals surface area (Å²) in [5, 5.41) is 10.3. The fourth-order valence-corrected chi connectivity index (χ4v) is 2.59. The molecule has 5 nitrogen and oxygen atoms in total. The lowest BCUT2D eigenvalue weighted by Crippen LogP contribution is -2.41. The van der Waals surface area contributed by atoms with Crippen molar-refractivity contribution < 1.29 is 23.9 Å². The van der Waals surface area contributed by atoms with Gasteiger partial charge in [-0.2, -0.15) is 0 Å². The molecule has 132 valence electrons. The molecular formula is C18H27BO5. The van der Waals surface area contributed by atoms with Crippen LogP contribution in [0.2, 0.25) is 0 Å². The number of aliphatic hydroxyl groups is 1. The van der Waals surface area contributed by atoms with Crippen LogP contribution in [0, 0.1) is 0 Å². The highest BCUT2D eigenvalue weighted by Crippen LogP contribution is 2.36. The van der Waals surface area contributed by atoms with Crippen LogP contribution < -0.4 is 5.46 Å². The normalized spacial score (nSPS) is 20.8. The maximum Gasteiger partial charge on any atom is 0.494 e. The van der Waals surface area contributed by atoms with Gasteiger partial charge in [-0.3, -0.25) is 4.79 Å². The molecule has 0 amide bonds. The average Bonchev–Trinajstić information content (AvgIpc) is 2.64. The maximum absolute atomic E-state index is 11.3. The van der Waals surface area contributed by atoms with Gasteiger partial charge in [0.2, 0.25) is 0 Å². The summed E-state index contributed by atoms with van der Waals surface area (Å²) in [7, 11) is -0.446. The van der Waals surface area contributed by atoms with E-state index in [-0.39, 0.29) is 0 Å². The van der Waals surface area contributed by atoms with Gasteiger partial charge in [0.1, 0.15) is 5.60 Å². The second kappa shape index (κ2) is 6.17. The molecule has 1 saturated heterocycles. The van der Waals surface area contributed by atoms with Crippen molar-refractivity contribution in [2.45, 2.75) is 71.4 Å².